The normalized spacial score (nSPS) is 20.1. The molecule has 3 nitrogen and oxygen atoms in total. The number of anilines is 1. The molecule has 1 heterocycles. The minimum atomic E-state index is 0.175. The number of nitrogens with zero attached hydrogens (tertiary/aromatic N) is 2. The summed E-state index contributed by atoms with van der Waals surface area (Å²) in [6.07, 6.45) is 10.6. The quantitative estimate of drug-likeness (QED) is 0.830. The fourth-order valence-electron chi connectivity index (χ4n) is 3.02. The minimum absolute atomic E-state index is 0.175. The topological polar surface area (TPSA) is 37.8 Å². The fraction of sp³-hybridized carbons (Fsp3) is 0.733. The molecule has 98 valence electrons. The highest BCUT2D eigenvalue weighted by molar-refractivity contribution is 5.48. The van der Waals surface area contributed by atoms with Crippen molar-refractivity contribution in [1.82, 2.24) is 9.97 Å². The van der Waals surface area contributed by atoms with Crippen molar-refractivity contribution in [1.29, 1.82) is 0 Å². The zero-order valence-corrected chi connectivity index (χ0v) is 11.5. The van der Waals surface area contributed by atoms with Crippen molar-refractivity contribution in [2.45, 2.75) is 64.3 Å². The van der Waals surface area contributed by atoms with Gasteiger partial charge in [0.25, 0.3) is 0 Å². The first kappa shape index (κ1) is 11.9. The summed E-state index contributed by atoms with van der Waals surface area (Å²) in [4.78, 5) is 8.99. The summed E-state index contributed by atoms with van der Waals surface area (Å²) in [6, 6.07) is 0. The Bertz CT molecular complexity index is 435. The van der Waals surface area contributed by atoms with Gasteiger partial charge in [0.05, 0.1) is 0 Å². The maximum Gasteiger partial charge on any atom is 0.133 e. The fourth-order valence-corrected chi connectivity index (χ4v) is 3.02. The van der Waals surface area contributed by atoms with E-state index in [4.69, 9.17) is 0 Å². The van der Waals surface area contributed by atoms with Crippen LogP contribution in [-0.4, -0.2) is 15.5 Å². The van der Waals surface area contributed by atoms with Crippen molar-refractivity contribution < 1.29 is 0 Å². The number of fused-ring (bicyclic) bond motifs is 1. The molecule has 1 saturated carbocycles. The maximum atomic E-state index is 4.51. The monoisotopic (exact) mass is 245 g/mol. The molecule has 3 rings (SSSR count). The van der Waals surface area contributed by atoms with Crippen LogP contribution in [0.4, 0.5) is 5.82 Å². The van der Waals surface area contributed by atoms with Gasteiger partial charge in [-0.15, -0.1) is 0 Å². The van der Waals surface area contributed by atoms with Crippen molar-refractivity contribution in [3.63, 3.8) is 0 Å². The van der Waals surface area contributed by atoms with Crippen LogP contribution in [-0.2, 0) is 12.8 Å². The second kappa shape index (κ2) is 4.52. The first-order valence-corrected chi connectivity index (χ1v) is 7.28. The predicted octanol–water partition coefficient (Wildman–Crippen LogP) is 3.35. The molecule has 2 aliphatic carbocycles. The van der Waals surface area contributed by atoms with E-state index in [9.17, 15) is 0 Å². The van der Waals surface area contributed by atoms with Crippen LogP contribution in [0.3, 0.4) is 0 Å². The standard InChI is InChI=1S/C15H23N3/c1-15(2,11-8-9-11)18-14-12-6-4-3-5-7-13(12)16-10-17-14/h10-11H,3-9H2,1-2H3,(H,16,17,18). The smallest absolute Gasteiger partial charge is 0.133 e. The first-order valence-electron chi connectivity index (χ1n) is 7.28. The molecule has 0 bridgehead atoms. The number of hydrogen-bond acceptors (Lipinski definition) is 3. The molecule has 0 aliphatic heterocycles. The van der Waals surface area contributed by atoms with Gasteiger partial charge >= 0.3 is 0 Å². The second-order valence-corrected chi connectivity index (χ2v) is 6.33. The average molecular weight is 245 g/mol. The zero-order valence-electron chi connectivity index (χ0n) is 11.5. The summed E-state index contributed by atoms with van der Waals surface area (Å²) in [7, 11) is 0. The highest BCUT2D eigenvalue weighted by atomic mass is 15.1. The lowest BCUT2D eigenvalue weighted by molar-refractivity contribution is 0.491. The Morgan fingerprint density at radius 2 is 1.89 bits per heavy atom. The lowest BCUT2D eigenvalue weighted by Crippen LogP contribution is -2.34. The van der Waals surface area contributed by atoms with Crippen LogP contribution in [0, 0.1) is 5.92 Å². The van der Waals surface area contributed by atoms with Gasteiger partial charge in [0.15, 0.2) is 0 Å². The first-order chi connectivity index (χ1) is 8.67. The van der Waals surface area contributed by atoms with E-state index >= 15 is 0 Å². The summed E-state index contributed by atoms with van der Waals surface area (Å²) in [5, 5.41) is 3.68. The Morgan fingerprint density at radius 1 is 1.11 bits per heavy atom. The van der Waals surface area contributed by atoms with Crippen LogP contribution >= 0.6 is 0 Å². The van der Waals surface area contributed by atoms with Gasteiger partial charge in [0.1, 0.15) is 12.1 Å². The Kier molecular flexibility index (Phi) is 3.00. The van der Waals surface area contributed by atoms with E-state index in [0.29, 0.717) is 0 Å². The number of aromatic nitrogens is 2. The molecule has 1 aromatic rings. The van der Waals surface area contributed by atoms with E-state index in [1.807, 2.05) is 0 Å². The molecule has 3 heteroatoms. The third kappa shape index (κ3) is 2.36. The molecule has 18 heavy (non-hydrogen) atoms. The highest BCUT2D eigenvalue weighted by Crippen LogP contribution is 2.41. The number of aryl methyl sites for hydroxylation is 1. The second-order valence-electron chi connectivity index (χ2n) is 6.33. The van der Waals surface area contributed by atoms with Crippen LogP contribution in [0.15, 0.2) is 6.33 Å². The molecule has 0 unspecified atom stereocenters. The lowest BCUT2D eigenvalue weighted by Gasteiger charge is -2.28. The molecule has 0 aromatic carbocycles. The van der Waals surface area contributed by atoms with E-state index in [2.05, 4.69) is 29.1 Å². The summed E-state index contributed by atoms with van der Waals surface area (Å²) in [6.45, 7) is 4.60. The molecule has 1 aromatic heterocycles. The number of rotatable bonds is 3. The largest absolute Gasteiger partial charge is 0.365 e. The third-order valence-electron chi connectivity index (χ3n) is 4.41. The van der Waals surface area contributed by atoms with Gasteiger partial charge in [-0.25, -0.2) is 9.97 Å². The van der Waals surface area contributed by atoms with E-state index in [-0.39, 0.29) is 5.54 Å². The maximum absolute atomic E-state index is 4.51. The molecule has 1 fully saturated rings. The molecular formula is C15H23N3. The van der Waals surface area contributed by atoms with Crippen molar-refractivity contribution in [3.05, 3.63) is 17.6 Å². The Labute approximate surface area is 109 Å². The van der Waals surface area contributed by atoms with E-state index in [1.165, 1.54) is 43.4 Å². The van der Waals surface area contributed by atoms with Crippen molar-refractivity contribution >= 4 is 5.82 Å². The van der Waals surface area contributed by atoms with E-state index < -0.39 is 0 Å². The molecule has 1 N–H and O–H groups in total. The van der Waals surface area contributed by atoms with Crippen molar-refractivity contribution in [2.75, 3.05) is 5.32 Å². The van der Waals surface area contributed by atoms with Gasteiger partial charge in [-0.3, -0.25) is 0 Å². The zero-order chi connectivity index (χ0) is 12.6. The third-order valence-corrected chi connectivity index (χ3v) is 4.41. The Hall–Kier alpha value is -1.12. The summed E-state index contributed by atoms with van der Waals surface area (Å²) < 4.78 is 0. The average Bonchev–Trinajstić information content (AvgIpc) is 3.16. The minimum Gasteiger partial charge on any atom is -0.365 e. The van der Waals surface area contributed by atoms with Crippen molar-refractivity contribution in [3.8, 4) is 0 Å². The van der Waals surface area contributed by atoms with Crippen LogP contribution in [0.2, 0.25) is 0 Å². The van der Waals surface area contributed by atoms with Gasteiger partial charge in [-0.1, -0.05) is 6.42 Å². The van der Waals surface area contributed by atoms with Crippen molar-refractivity contribution in [2.24, 2.45) is 5.92 Å². The number of nitrogens with one attached hydrogen (secondary N) is 1. The van der Waals surface area contributed by atoms with Gasteiger partial charge in [-0.05, 0) is 58.3 Å². The SMILES string of the molecule is CC(C)(Nc1ncnc2c1CCCCC2)C1CC1. The number of hydrogen-bond donors (Lipinski definition) is 1. The molecule has 0 spiro atoms. The molecular weight excluding hydrogens is 222 g/mol. The summed E-state index contributed by atoms with van der Waals surface area (Å²) >= 11 is 0. The van der Waals surface area contributed by atoms with Crippen LogP contribution in [0.25, 0.3) is 0 Å². The summed E-state index contributed by atoms with van der Waals surface area (Å²) in [5.74, 6) is 1.91. The molecule has 0 amide bonds. The lowest BCUT2D eigenvalue weighted by atomic mass is 9.98. The molecule has 0 atom stereocenters. The van der Waals surface area contributed by atoms with Gasteiger partial charge in [0.2, 0.25) is 0 Å². The van der Waals surface area contributed by atoms with Crippen LogP contribution < -0.4 is 5.32 Å². The van der Waals surface area contributed by atoms with Crippen LogP contribution in [0.5, 0.6) is 0 Å². The molecule has 0 radical (unpaired) electrons. The molecule has 0 saturated heterocycles. The van der Waals surface area contributed by atoms with Gasteiger partial charge in [-0.2, -0.15) is 0 Å². The Balaban J connectivity index is 1.87. The van der Waals surface area contributed by atoms with Gasteiger partial charge in [0, 0.05) is 16.8 Å². The van der Waals surface area contributed by atoms with E-state index in [0.717, 1.165) is 24.6 Å². The Morgan fingerprint density at radius 3 is 2.67 bits per heavy atom. The predicted molar refractivity (Wildman–Crippen MR) is 73.7 cm³/mol. The van der Waals surface area contributed by atoms with Crippen LogP contribution in [0.1, 0.15) is 57.2 Å². The summed E-state index contributed by atoms with van der Waals surface area (Å²) in [5.41, 5.74) is 2.83. The van der Waals surface area contributed by atoms with Gasteiger partial charge < -0.3 is 5.32 Å². The molecule has 2 aliphatic rings. The van der Waals surface area contributed by atoms with E-state index in [1.54, 1.807) is 6.33 Å². The highest BCUT2D eigenvalue weighted by Gasteiger charge is 2.38.